The van der Waals surface area contributed by atoms with Crippen LogP contribution in [0.2, 0.25) is 0 Å². The summed E-state index contributed by atoms with van der Waals surface area (Å²) in [7, 11) is 0. The van der Waals surface area contributed by atoms with E-state index in [0.29, 0.717) is 14.7 Å². The van der Waals surface area contributed by atoms with Crippen LogP contribution in [0.4, 0.5) is 5.69 Å². The Labute approximate surface area is 134 Å². The third kappa shape index (κ3) is 3.58. The van der Waals surface area contributed by atoms with Gasteiger partial charge in [-0.05, 0) is 51.9 Å². The summed E-state index contributed by atoms with van der Waals surface area (Å²) in [6, 6.07) is 12.9. The maximum absolute atomic E-state index is 10.8. The SMILES string of the molecule is N#C/C(=C/c1ccc(O)c(I)c1)c1cccc([N+](=O)[O-])c1. The first-order valence-corrected chi connectivity index (χ1v) is 6.94. The predicted molar refractivity (Wildman–Crippen MR) is 87.4 cm³/mol. The van der Waals surface area contributed by atoms with Crippen molar-refractivity contribution in [1.82, 2.24) is 0 Å². The average Bonchev–Trinajstić information content (AvgIpc) is 2.48. The van der Waals surface area contributed by atoms with Crippen LogP contribution >= 0.6 is 22.6 Å². The van der Waals surface area contributed by atoms with Gasteiger partial charge in [-0.3, -0.25) is 10.1 Å². The van der Waals surface area contributed by atoms with Crippen LogP contribution in [0.1, 0.15) is 11.1 Å². The number of rotatable bonds is 3. The highest BCUT2D eigenvalue weighted by Crippen LogP contribution is 2.25. The summed E-state index contributed by atoms with van der Waals surface area (Å²) < 4.78 is 0.665. The molecule has 0 unspecified atom stereocenters. The van der Waals surface area contributed by atoms with E-state index in [1.807, 2.05) is 28.7 Å². The molecule has 5 nitrogen and oxygen atoms in total. The first-order valence-electron chi connectivity index (χ1n) is 5.86. The molecule has 6 heteroatoms. The number of nitro groups is 1. The number of halogens is 1. The summed E-state index contributed by atoms with van der Waals surface area (Å²) in [6.07, 6.45) is 1.63. The molecule has 0 saturated carbocycles. The first-order chi connectivity index (χ1) is 10.0. The molecular formula is C15H9IN2O3. The molecule has 104 valence electrons. The van der Waals surface area contributed by atoms with Crippen LogP contribution in [0.25, 0.3) is 11.6 Å². The van der Waals surface area contributed by atoms with Crippen LogP contribution < -0.4 is 0 Å². The minimum Gasteiger partial charge on any atom is -0.507 e. The third-order valence-corrected chi connectivity index (χ3v) is 3.64. The zero-order valence-electron chi connectivity index (χ0n) is 10.7. The minimum atomic E-state index is -0.498. The number of aromatic hydroxyl groups is 1. The molecule has 0 amide bonds. The molecule has 0 aliphatic carbocycles. The molecule has 0 bridgehead atoms. The minimum absolute atomic E-state index is 0.0612. The van der Waals surface area contributed by atoms with E-state index in [9.17, 15) is 20.5 Å². The molecule has 0 aromatic heterocycles. The van der Waals surface area contributed by atoms with Gasteiger partial charge in [0.1, 0.15) is 5.75 Å². The van der Waals surface area contributed by atoms with E-state index in [2.05, 4.69) is 0 Å². The first kappa shape index (κ1) is 15.0. The van der Waals surface area contributed by atoms with Crippen molar-refractivity contribution in [3.63, 3.8) is 0 Å². The number of non-ortho nitro benzene ring substituents is 1. The number of nitriles is 1. The Kier molecular flexibility index (Phi) is 4.55. The van der Waals surface area contributed by atoms with Gasteiger partial charge in [-0.1, -0.05) is 18.2 Å². The van der Waals surface area contributed by atoms with Crippen molar-refractivity contribution in [1.29, 1.82) is 5.26 Å². The molecule has 2 aromatic rings. The fraction of sp³-hybridized carbons (Fsp3) is 0. The standard InChI is InChI=1S/C15H9IN2O3/c16-14-7-10(4-5-15(14)19)6-12(9-17)11-2-1-3-13(8-11)18(20)21/h1-8,19H/b12-6-. The Morgan fingerprint density at radius 3 is 2.71 bits per heavy atom. The summed E-state index contributed by atoms with van der Waals surface area (Å²) in [5.41, 5.74) is 1.48. The second-order valence-corrected chi connectivity index (χ2v) is 5.35. The normalized spacial score (nSPS) is 11.0. The van der Waals surface area contributed by atoms with Crippen LogP contribution in [0.15, 0.2) is 42.5 Å². The maximum Gasteiger partial charge on any atom is 0.270 e. The second-order valence-electron chi connectivity index (χ2n) is 4.19. The Hall–Kier alpha value is -2.40. The van der Waals surface area contributed by atoms with Gasteiger partial charge in [-0.15, -0.1) is 0 Å². The fourth-order valence-electron chi connectivity index (χ4n) is 1.75. The van der Waals surface area contributed by atoms with Crippen molar-refractivity contribution in [2.75, 3.05) is 0 Å². The second kappa shape index (κ2) is 6.37. The molecule has 1 N–H and O–H groups in total. The average molecular weight is 392 g/mol. The maximum atomic E-state index is 10.8. The number of nitrogens with zero attached hydrogens (tertiary/aromatic N) is 2. The van der Waals surface area contributed by atoms with Crippen molar-refractivity contribution in [3.8, 4) is 11.8 Å². The molecule has 2 rings (SSSR count). The van der Waals surface area contributed by atoms with Crippen LogP contribution in [0, 0.1) is 25.0 Å². The number of nitro benzene ring substituents is 1. The molecule has 2 aromatic carbocycles. The molecule has 0 aliphatic heterocycles. The fourth-order valence-corrected chi connectivity index (χ4v) is 2.29. The van der Waals surface area contributed by atoms with Gasteiger partial charge in [0.15, 0.2) is 0 Å². The Bertz CT molecular complexity index is 779. The Balaban J connectivity index is 2.46. The molecule has 0 heterocycles. The summed E-state index contributed by atoms with van der Waals surface area (Å²) in [6.45, 7) is 0. The third-order valence-electron chi connectivity index (χ3n) is 2.77. The van der Waals surface area contributed by atoms with Gasteiger partial charge in [-0.25, -0.2) is 0 Å². The topological polar surface area (TPSA) is 87.2 Å². The number of hydrogen-bond acceptors (Lipinski definition) is 4. The van der Waals surface area contributed by atoms with E-state index < -0.39 is 4.92 Å². The summed E-state index contributed by atoms with van der Waals surface area (Å²) >= 11 is 1.99. The van der Waals surface area contributed by atoms with E-state index in [4.69, 9.17) is 0 Å². The van der Waals surface area contributed by atoms with E-state index in [1.165, 1.54) is 18.2 Å². The van der Waals surface area contributed by atoms with E-state index >= 15 is 0 Å². The van der Waals surface area contributed by atoms with Gasteiger partial charge in [0, 0.05) is 12.1 Å². The summed E-state index contributed by atoms with van der Waals surface area (Å²) in [4.78, 5) is 10.3. The van der Waals surface area contributed by atoms with Crippen LogP contribution in [0.5, 0.6) is 5.75 Å². The van der Waals surface area contributed by atoms with Gasteiger partial charge in [0.25, 0.3) is 5.69 Å². The van der Waals surface area contributed by atoms with Crippen LogP contribution in [-0.4, -0.2) is 10.0 Å². The number of phenols is 1. The lowest BCUT2D eigenvalue weighted by Crippen LogP contribution is -1.89. The van der Waals surface area contributed by atoms with Crippen molar-refractivity contribution in [2.45, 2.75) is 0 Å². The quantitative estimate of drug-likeness (QED) is 0.282. The van der Waals surface area contributed by atoms with E-state index in [-0.39, 0.29) is 11.4 Å². The van der Waals surface area contributed by atoms with Gasteiger partial charge in [0.05, 0.1) is 20.1 Å². The molecule has 0 atom stereocenters. The summed E-state index contributed by atoms with van der Waals surface area (Å²) in [5, 5.41) is 29.5. The lowest BCUT2D eigenvalue weighted by molar-refractivity contribution is -0.384. The van der Waals surface area contributed by atoms with Gasteiger partial charge >= 0.3 is 0 Å². The lowest BCUT2D eigenvalue weighted by Gasteiger charge is -2.02. The van der Waals surface area contributed by atoms with Crippen molar-refractivity contribution in [2.24, 2.45) is 0 Å². The number of phenolic OH excluding ortho intramolecular Hbond substituents is 1. The number of benzene rings is 2. The highest BCUT2D eigenvalue weighted by atomic mass is 127. The Morgan fingerprint density at radius 2 is 2.10 bits per heavy atom. The Morgan fingerprint density at radius 1 is 1.33 bits per heavy atom. The van der Waals surface area contributed by atoms with Crippen LogP contribution in [0.3, 0.4) is 0 Å². The van der Waals surface area contributed by atoms with E-state index in [0.717, 1.165) is 5.56 Å². The van der Waals surface area contributed by atoms with Gasteiger partial charge < -0.3 is 5.11 Å². The van der Waals surface area contributed by atoms with Gasteiger partial charge in [0.2, 0.25) is 0 Å². The van der Waals surface area contributed by atoms with Gasteiger partial charge in [-0.2, -0.15) is 5.26 Å². The smallest absolute Gasteiger partial charge is 0.270 e. The lowest BCUT2D eigenvalue weighted by atomic mass is 10.0. The predicted octanol–water partition coefficient (Wildman–Crippen LogP) is 3.97. The molecule has 0 fully saturated rings. The monoisotopic (exact) mass is 392 g/mol. The highest BCUT2D eigenvalue weighted by Gasteiger charge is 2.09. The zero-order chi connectivity index (χ0) is 15.4. The largest absolute Gasteiger partial charge is 0.507 e. The van der Waals surface area contributed by atoms with E-state index in [1.54, 1.807) is 30.3 Å². The molecule has 0 radical (unpaired) electrons. The van der Waals surface area contributed by atoms with Crippen molar-refractivity contribution >= 4 is 39.9 Å². The zero-order valence-corrected chi connectivity index (χ0v) is 12.8. The highest BCUT2D eigenvalue weighted by molar-refractivity contribution is 14.1. The molecular weight excluding hydrogens is 383 g/mol. The van der Waals surface area contributed by atoms with Crippen molar-refractivity contribution in [3.05, 3.63) is 67.3 Å². The molecule has 0 spiro atoms. The molecule has 21 heavy (non-hydrogen) atoms. The number of hydrogen-bond donors (Lipinski definition) is 1. The summed E-state index contributed by atoms with van der Waals surface area (Å²) in [5.74, 6) is 0.168. The van der Waals surface area contributed by atoms with Crippen molar-refractivity contribution < 1.29 is 10.0 Å². The molecule has 0 aliphatic rings. The van der Waals surface area contributed by atoms with Crippen LogP contribution in [-0.2, 0) is 0 Å². The molecule has 0 saturated heterocycles. The number of allylic oxidation sites excluding steroid dienone is 1.